The van der Waals surface area contributed by atoms with Crippen molar-refractivity contribution < 1.29 is 4.42 Å². The molecule has 0 unspecified atom stereocenters. The quantitative estimate of drug-likeness (QED) is 0.617. The van der Waals surface area contributed by atoms with Gasteiger partial charge in [-0.3, -0.25) is 4.98 Å². The smallest absolute Gasteiger partial charge is 0.152 e. The van der Waals surface area contributed by atoms with E-state index >= 15 is 0 Å². The van der Waals surface area contributed by atoms with Gasteiger partial charge in [-0.2, -0.15) is 5.26 Å². The second kappa shape index (κ2) is 3.11. The van der Waals surface area contributed by atoms with Crippen molar-refractivity contribution >= 4 is 17.0 Å². The molecular weight excluding hydrogens is 164 g/mol. The lowest BCUT2D eigenvalue weighted by atomic mass is 10.2. The Hall–Kier alpha value is -2.08. The molecule has 0 aliphatic heterocycles. The summed E-state index contributed by atoms with van der Waals surface area (Å²) < 4.78 is 5.22. The molecule has 0 amide bonds. The van der Waals surface area contributed by atoms with E-state index in [1.54, 1.807) is 24.7 Å². The van der Waals surface area contributed by atoms with Crippen LogP contribution in [0.4, 0.5) is 0 Å². The van der Waals surface area contributed by atoms with Gasteiger partial charge in [-0.15, -0.1) is 0 Å². The number of furan rings is 1. The van der Waals surface area contributed by atoms with Crippen LogP contribution in [0.2, 0.25) is 0 Å². The number of allylic oxidation sites excluding steroid dienone is 1. The van der Waals surface area contributed by atoms with Crippen molar-refractivity contribution in [3.05, 3.63) is 36.4 Å². The Kier molecular flexibility index (Phi) is 1.81. The molecule has 0 N–H and O–H groups in total. The minimum atomic E-state index is 0.736. The Morgan fingerprint density at radius 1 is 1.54 bits per heavy atom. The molecule has 0 saturated heterocycles. The van der Waals surface area contributed by atoms with E-state index in [0.717, 1.165) is 16.5 Å². The molecule has 0 fully saturated rings. The van der Waals surface area contributed by atoms with E-state index in [-0.39, 0.29) is 0 Å². The zero-order valence-electron chi connectivity index (χ0n) is 6.77. The fourth-order valence-electron chi connectivity index (χ4n) is 1.16. The van der Waals surface area contributed by atoms with Crippen LogP contribution in [0, 0.1) is 11.3 Å². The molecule has 62 valence electrons. The van der Waals surface area contributed by atoms with Crippen molar-refractivity contribution in [3.63, 3.8) is 0 Å². The van der Waals surface area contributed by atoms with Crippen molar-refractivity contribution in [3.8, 4) is 6.07 Å². The summed E-state index contributed by atoms with van der Waals surface area (Å²) in [6.45, 7) is 0. The first-order valence-corrected chi connectivity index (χ1v) is 3.79. The summed E-state index contributed by atoms with van der Waals surface area (Å²) in [6, 6.07) is 3.79. The number of fused-ring (bicyclic) bond motifs is 1. The maximum atomic E-state index is 8.36. The average Bonchev–Trinajstić information content (AvgIpc) is 2.58. The van der Waals surface area contributed by atoms with Crippen LogP contribution in [0.1, 0.15) is 5.56 Å². The van der Waals surface area contributed by atoms with Gasteiger partial charge in [0.05, 0.1) is 18.5 Å². The molecule has 0 atom stereocenters. The first-order chi connectivity index (χ1) is 6.42. The highest BCUT2D eigenvalue weighted by Crippen LogP contribution is 2.20. The Balaban J connectivity index is 2.59. The highest BCUT2D eigenvalue weighted by atomic mass is 16.3. The van der Waals surface area contributed by atoms with Crippen LogP contribution in [-0.2, 0) is 0 Å². The van der Waals surface area contributed by atoms with Crippen molar-refractivity contribution in [2.75, 3.05) is 0 Å². The Bertz CT molecular complexity index is 491. The van der Waals surface area contributed by atoms with Crippen molar-refractivity contribution in [2.45, 2.75) is 0 Å². The summed E-state index contributed by atoms with van der Waals surface area (Å²) in [7, 11) is 0. The molecule has 3 heteroatoms. The molecule has 2 heterocycles. The Morgan fingerprint density at radius 2 is 2.46 bits per heavy atom. The second-order valence-electron chi connectivity index (χ2n) is 2.53. The number of rotatable bonds is 1. The predicted octanol–water partition coefficient (Wildman–Crippen LogP) is 2.36. The van der Waals surface area contributed by atoms with Crippen LogP contribution in [-0.4, -0.2) is 4.98 Å². The van der Waals surface area contributed by atoms with E-state index in [1.165, 1.54) is 6.08 Å². The molecule has 2 rings (SSSR count). The van der Waals surface area contributed by atoms with Gasteiger partial charge in [-0.1, -0.05) is 0 Å². The maximum Gasteiger partial charge on any atom is 0.152 e. The molecule has 0 aliphatic rings. The largest absolute Gasteiger partial charge is 0.462 e. The molecule has 2 aromatic heterocycles. The summed E-state index contributed by atoms with van der Waals surface area (Å²) in [6.07, 6.45) is 8.09. The van der Waals surface area contributed by atoms with Crippen LogP contribution in [0.3, 0.4) is 0 Å². The first kappa shape index (κ1) is 7.56. The van der Waals surface area contributed by atoms with E-state index in [4.69, 9.17) is 9.68 Å². The van der Waals surface area contributed by atoms with E-state index < -0.39 is 0 Å². The zero-order chi connectivity index (χ0) is 9.10. The highest BCUT2D eigenvalue weighted by molar-refractivity contribution is 5.86. The molecule has 0 radical (unpaired) electrons. The normalized spacial score (nSPS) is 10.7. The van der Waals surface area contributed by atoms with Gasteiger partial charge in [0.15, 0.2) is 5.58 Å². The molecule has 13 heavy (non-hydrogen) atoms. The van der Waals surface area contributed by atoms with Crippen LogP contribution >= 0.6 is 0 Å². The van der Waals surface area contributed by atoms with Crippen molar-refractivity contribution in [1.82, 2.24) is 4.98 Å². The summed E-state index contributed by atoms with van der Waals surface area (Å²) in [5.41, 5.74) is 1.64. The summed E-state index contributed by atoms with van der Waals surface area (Å²) in [5.74, 6) is 0. The topological polar surface area (TPSA) is 49.8 Å². The molecule has 3 nitrogen and oxygen atoms in total. The lowest BCUT2D eigenvalue weighted by molar-refractivity contribution is 0.613. The summed E-state index contributed by atoms with van der Waals surface area (Å²) >= 11 is 0. The Morgan fingerprint density at radius 3 is 3.31 bits per heavy atom. The third-order valence-corrected chi connectivity index (χ3v) is 1.75. The van der Waals surface area contributed by atoms with Crippen LogP contribution in [0.5, 0.6) is 0 Å². The molecule has 0 aromatic carbocycles. The lowest BCUT2D eigenvalue weighted by Crippen LogP contribution is -1.70. The van der Waals surface area contributed by atoms with Gasteiger partial charge in [0.25, 0.3) is 0 Å². The fraction of sp³-hybridized carbons (Fsp3) is 0. The first-order valence-electron chi connectivity index (χ1n) is 3.79. The number of hydrogen-bond donors (Lipinski definition) is 0. The second-order valence-corrected chi connectivity index (χ2v) is 2.53. The van der Waals surface area contributed by atoms with Gasteiger partial charge in [0.1, 0.15) is 0 Å². The molecule has 0 saturated carbocycles. The van der Waals surface area contributed by atoms with E-state index in [1.807, 2.05) is 12.1 Å². The SMILES string of the molecule is N#C/C=C/c1coc2cnccc12. The third kappa shape index (κ3) is 1.30. The summed E-state index contributed by atoms with van der Waals surface area (Å²) in [5, 5.41) is 9.33. The van der Waals surface area contributed by atoms with Crippen LogP contribution in [0.15, 0.2) is 35.2 Å². The van der Waals surface area contributed by atoms with Crippen LogP contribution < -0.4 is 0 Å². The highest BCUT2D eigenvalue weighted by Gasteiger charge is 2.00. The van der Waals surface area contributed by atoms with Gasteiger partial charge in [-0.25, -0.2) is 0 Å². The molecule has 0 spiro atoms. The van der Waals surface area contributed by atoms with E-state index in [9.17, 15) is 0 Å². The van der Waals surface area contributed by atoms with E-state index in [0.29, 0.717) is 0 Å². The van der Waals surface area contributed by atoms with Gasteiger partial charge >= 0.3 is 0 Å². The van der Waals surface area contributed by atoms with Crippen molar-refractivity contribution in [2.24, 2.45) is 0 Å². The van der Waals surface area contributed by atoms with Gasteiger partial charge in [0, 0.05) is 23.2 Å². The van der Waals surface area contributed by atoms with Gasteiger partial charge in [0.2, 0.25) is 0 Å². The molecule has 0 aliphatic carbocycles. The maximum absolute atomic E-state index is 8.36. The number of aromatic nitrogens is 1. The average molecular weight is 170 g/mol. The molecular formula is C10H6N2O. The number of pyridine rings is 1. The monoisotopic (exact) mass is 170 g/mol. The number of hydrogen-bond acceptors (Lipinski definition) is 3. The molecule has 2 aromatic rings. The van der Waals surface area contributed by atoms with Crippen molar-refractivity contribution in [1.29, 1.82) is 5.26 Å². The third-order valence-electron chi connectivity index (χ3n) is 1.75. The standard InChI is InChI=1S/C10H6N2O/c11-4-1-2-8-7-13-10-6-12-5-3-9(8)10/h1-3,5-7H/b2-1+. The van der Waals surface area contributed by atoms with Gasteiger partial charge in [-0.05, 0) is 12.1 Å². The minimum absolute atomic E-state index is 0.736. The minimum Gasteiger partial charge on any atom is -0.462 e. The van der Waals surface area contributed by atoms with Crippen LogP contribution in [0.25, 0.3) is 17.0 Å². The van der Waals surface area contributed by atoms with Gasteiger partial charge < -0.3 is 4.42 Å². The fourth-order valence-corrected chi connectivity index (χ4v) is 1.16. The lowest BCUT2D eigenvalue weighted by Gasteiger charge is -1.85. The summed E-state index contributed by atoms with van der Waals surface area (Å²) in [4.78, 5) is 3.92. The zero-order valence-corrected chi connectivity index (χ0v) is 6.77. The number of nitriles is 1. The number of nitrogens with zero attached hydrogens (tertiary/aromatic N) is 2. The predicted molar refractivity (Wildman–Crippen MR) is 48.7 cm³/mol. The Labute approximate surface area is 74.9 Å². The van der Waals surface area contributed by atoms with E-state index in [2.05, 4.69) is 4.98 Å². The molecule has 0 bridgehead atoms.